The Balaban J connectivity index is 1.41. The first-order valence-corrected chi connectivity index (χ1v) is 10.8. The maximum Gasteiger partial charge on any atom is 0.434 e. The average Bonchev–Trinajstić information content (AvgIpc) is 3.36. The van der Waals surface area contributed by atoms with Crippen molar-refractivity contribution in [2.45, 2.75) is 50.5 Å². The molecule has 176 valence electrons. The molecule has 2 aromatic heterocycles. The molecule has 2 aliphatic heterocycles. The lowest BCUT2D eigenvalue weighted by Crippen LogP contribution is -2.40. The van der Waals surface area contributed by atoms with Crippen molar-refractivity contribution in [3.05, 3.63) is 65.6 Å². The van der Waals surface area contributed by atoms with E-state index in [1.807, 2.05) is 0 Å². The van der Waals surface area contributed by atoms with Crippen LogP contribution in [-0.4, -0.2) is 48.9 Å². The Morgan fingerprint density at radius 3 is 2.53 bits per heavy atom. The van der Waals surface area contributed by atoms with Crippen LogP contribution in [0.4, 0.5) is 23.4 Å². The van der Waals surface area contributed by atoms with Gasteiger partial charge in [-0.1, -0.05) is 0 Å². The second-order valence-electron chi connectivity index (χ2n) is 8.52. The molecule has 0 saturated carbocycles. The fourth-order valence-electron chi connectivity index (χ4n) is 4.90. The molecule has 2 fully saturated rings. The molecule has 3 atom stereocenters. The summed E-state index contributed by atoms with van der Waals surface area (Å²) >= 11 is 0. The Hall–Kier alpha value is -3.63. The van der Waals surface area contributed by atoms with Gasteiger partial charge < -0.3 is 10.2 Å². The third kappa shape index (κ3) is 3.95. The van der Waals surface area contributed by atoms with E-state index in [0.717, 1.165) is 12.6 Å². The van der Waals surface area contributed by atoms with Gasteiger partial charge in [-0.05, 0) is 49.9 Å². The lowest BCUT2D eigenvalue weighted by molar-refractivity contribution is -0.141. The molecule has 7 nitrogen and oxygen atoms in total. The number of nitrogens with one attached hydrogen (secondary N) is 1. The highest BCUT2D eigenvalue weighted by Crippen LogP contribution is 2.41. The molecule has 1 aromatic carbocycles. The number of anilines is 1. The number of hydrogen-bond acceptors (Lipinski definition) is 6. The number of nitrogens with zero attached hydrogens (tertiary/aromatic N) is 5. The quantitative estimate of drug-likeness (QED) is 0.572. The molecule has 4 heterocycles. The number of aromatic nitrogens is 4. The fraction of sp³-hybridized carbons (Fsp3) is 0.348. The Labute approximate surface area is 192 Å². The second-order valence-corrected chi connectivity index (χ2v) is 8.52. The monoisotopic (exact) mass is 472 g/mol. The van der Waals surface area contributed by atoms with Gasteiger partial charge in [-0.3, -0.25) is 4.79 Å². The number of halogens is 4. The zero-order valence-electron chi connectivity index (χ0n) is 18.1. The first kappa shape index (κ1) is 22.2. The summed E-state index contributed by atoms with van der Waals surface area (Å²) in [6.45, 7) is 1.71. The minimum absolute atomic E-state index is 0.0561. The third-order valence-electron chi connectivity index (χ3n) is 6.30. The standard InChI is InChI=1S/C23H20F4N6O/c1-12-7-14(20(15(24)8-12)21-28-5-2-6-29-21)22(34)33-13-3-4-17(33)16(9-13)32-19-11-30-18(10-31-19)23(25,26)27/h2,5-8,10-11,13,16-17H,3-4,9H2,1H3,(H,31,32)/t13-,16-,17+/m1/s1. The summed E-state index contributed by atoms with van der Waals surface area (Å²) in [4.78, 5) is 31.0. The number of fused-ring (bicyclic) bond motifs is 2. The van der Waals surface area contributed by atoms with E-state index in [9.17, 15) is 22.4 Å². The summed E-state index contributed by atoms with van der Waals surface area (Å²) in [7, 11) is 0. The molecule has 11 heteroatoms. The SMILES string of the molecule is Cc1cc(F)c(-c2ncccn2)c(C(=O)N2[C@@H]3CC[C@H]2[C@H](Nc2cnc(C(F)(F)F)cn2)C3)c1. The molecule has 3 aromatic rings. The van der Waals surface area contributed by atoms with E-state index in [-0.39, 0.29) is 46.8 Å². The Morgan fingerprint density at radius 1 is 1.09 bits per heavy atom. The molecular formula is C23H20F4N6O. The molecule has 34 heavy (non-hydrogen) atoms. The number of rotatable bonds is 4. The van der Waals surface area contributed by atoms with Gasteiger partial charge in [0.15, 0.2) is 11.5 Å². The Bertz CT molecular complexity index is 1220. The molecule has 1 N–H and O–H groups in total. The van der Waals surface area contributed by atoms with Crippen LogP contribution in [0.5, 0.6) is 0 Å². The second kappa shape index (κ2) is 8.30. The molecule has 2 saturated heterocycles. The lowest BCUT2D eigenvalue weighted by Gasteiger charge is -2.26. The molecular weight excluding hydrogens is 452 g/mol. The van der Waals surface area contributed by atoms with Gasteiger partial charge in [0.1, 0.15) is 11.6 Å². The van der Waals surface area contributed by atoms with Crippen molar-refractivity contribution in [1.29, 1.82) is 0 Å². The topological polar surface area (TPSA) is 83.9 Å². The summed E-state index contributed by atoms with van der Waals surface area (Å²) < 4.78 is 53.2. The van der Waals surface area contributed by atoms with Gasteiger partial charge in [0, 0.05) is 18.4 Å². The number of aryl methyl sites for hydroxylation is 1. The number of carbonyl (C=O) groups is 1. The average molecular weight is 472 g/mol. The van der Waals surface area contributed by atoms with E-state index in [4.69, 9.17) is 0 Å². The van der Waals surface area contributed by atoms with Crippen LogP contribution in [0.2, 0.25) is 0 Å². The van der Waals surface area contributed by atoms with Crippen LogP contribution >= 0.6 is 0 Å². The zero-order chi connectivity index (χ0) is 24.0. The van der Waals surface area contributed by atoms with Gasteiger partial charge in [-0.2, -0.15) is 13.2 Å². The predicted octanol–water partition coefficient (Wildman–Crippen LogP) is 4.26. The number of alkyl halides is 3. The molecule has 2 bridgehead atoms. The predicted molar refractivity (Wildman–Crippen MR) is 114 cm³/mol. The van der Waals surface area contributed by atoms with Gasteiger partial charge in [0.25, 0.3) is 5.91 Å². The van der Waals surface area contributed by atoms with E-state index in [1.165, 1.54) is 18.5 Å². The largest absolute Gasteiger partial charge is 0.434 e. The first-order valence-electron chi connectivity index (χ1n) is 10.8. The fourth-order valence-corrected chi connectivity index (χ4v) is 4.90. The molecule has 5 rings (SSSR count). The molecule has 0 unspecified atom stereocenters. The van der Waals surface area contributed by atoms with Crippen molar-refractivity contribution in [3.8, 4) is 11.4 Å². The van der Waals surface area contributed by atoms with Crippen LogP contribution in [0.15, 0.2) is 43.0 Å². The van der Waals surface area contributed by atoms with E-state index >= 15 is 0 Å². The third-order valence-corrected chi connectivity index (χ3v) is 6.30. The number of amides is 1. The van der Waals surface area contributed by atoms with Gasteiger partial charge in [0.05, 0.1) is 35.6 Å². The molecule has 0 radical (unpaired) electrons. The minimum Gasteiger partial charge on any atom is -0.364 e. The zero-order valence-corrected chi connectivity index (χ0v) is 18.1. The highest BCUT2D eigenvalue weighted by molar-refractivity contribution is 6.01. The maximum atomic E-state index is 15.0. The van der Waals surface area contributed by atoms with Gasteiger partial charge >= 0.3 is 6.18 Å². The number of benzene rings is 1. The van der Waals surface area contributed by atoms with Crippen LogP contribution in [0.25, 0.3) is 11.4 Å². The van der Waals surface area contributed by atoms with Crippen molar-refractivity contribution in [2.75, 3.05) is 5.32 Å². The van der Waals surface area contributed by atoms with Crippen LogP contribution in [0.3, 0.4) is 0 Å². The van der Waals surface area contributed by atoms with Crippen LogP contribution in [-0.2, 0) is 6.18 Å². The van der Waals surface area contributed by atoms with Crippen molar-refractivity contribution in [1.82, 2.24) is 24.8 Å². The normalized spacial score (nSPS) is 21.7. The van der Waals surface area contributed by atoms with E-state index in [2.05, 4.69) is 25.3 Å². The number of hydrogen-bond donors (Lipinski definition) is 1. The van der Waals surface area contributed by atoms with E-state index in [1.54, 1.807) is 24.0 Å². The molecule has 2 aliphatic rings. The van der Waals surface area contributed by atoms with Crippen molar-refractivity contribution >= 4 is 11.7 Å². The van der Waals surface area contributed by atoms with Crippen molar-refractivity contribution < 1.29 is 22.4 Å². The van der Waals surface area contributed by atoms with Crippen molar-refractivity contribution in [2.24, 2.45) is 0 Å². The molecule has 1 amide bonds. The smallest absolute Gasteiger partial charge is 0.364 e. The summed E-state index contributed by atoms with van der Waals surface area (Å²) in [6.07, 6.45) is 2.24. The molecule has 0 aliphatic carbocycles. The van der Waals surface area contributed by atoms with Crippen molar-refractivity contribution in [3.63, 3.8) is 0 Å². The Morgan fingerprint density at radius 2 is 1.85 bits per heavy atom. The van der Waals surface area contributed by atoms with Crippen LogP contribution in [0.1, 0.15) is 40.9 Å². The minimum atomic E-state index is -4.57. The Kier molecular flexibility index (Phi) is 5.41. The molecule has 0 spiro atoms. The van der Waals surface area contributed by atoms with Gasteiger partial charge in [0.2, 0.25) is 0 Å². The highest BCUT2D eigenvalue weighted by atomic mass is 19.4. The van der Waals surface area contributed by atoms with E-state index in [0.29, 0.717) is 24.6 Å². The van der Waals surface area contributed by atoms with Gasteiger partial charge in [-0.15, -0.1) is 0 Å². The van der Waals surface area contributed by atoms with E-state index < -0.39 is 17.7 Å². The van der Waals surface area contributed by atoms with Gasteiger partial charge in [-0.25, -0.2) is 24.3 Å². The summed E-state index contributed by atoms with van der Waals surface area (Å²) in [6, 6.07) is 4.09. The summed E-state index contributed by atoms with van der Waals surface area (Å²) in [5.74, 6) is -0.557. The maximum absolute atomic E-state index is 15.0. The first-order chi connectivity index (χ1) is 16.2. The summed E-state index contributed by atoms with van der Waals surface area (Å²) in [5, 5.41) is 3.12. The summed E-state index contributed by atoms with van der Waals surface area (Å²) in [5.41, 5.74) is -0.224. The van der Waals surface area contributed by atoms with Crippen LogP contribution < -0.4 is 5.32 Å². The lowest BCUT2D eigenvalue weighted by atomic mass is 9.95. The number of carbonyl (C=O) groups excluding carboxylic acids is 1. The highest BCUT2D eigenvalue weighted by Gasteiger charge is 2.49. The van der Waals surface area contributed by atoms with Crippen LogP contribution in [0, 0.1) is 12.7 Å².